The second kappa shape index (κ2) is 11.5. The van der Waals surface area contributed by atoms with E-state index in [0.29, 0.717) is 13.0 Å². The van der Waals surface area contributed by atoms with E-state index in [-0.39, 0.29) is 19.1 Å². The summed E-state index contributed by atoms with van der Waals surface area (Å²) >= 11 is 2.22. The third-order valence-corrected chi connectivity index (χ3v) is 5.73. The third-order valence-electron chi connectivity index (χ3n) is 5.06. The molecule has 0 fully saturated rings. The number of alkyl carbamates (subject to hydrolysis) is 1. The predicted octanol–water partition coefficient (Wildman–Crippen LogP) is 4.83. The molecule has 0 radical (unpaired) electrons. The molecule has 0 aliphatic rings. The van der Waals surface area contributed by atoms with Crippen LogP contribution in [0.4, 0.5) is 4.79 Å². The van der Waals surface area contributed by atoms with Gasteiger partial charge in [-0.1, -0.05) is 42.5 Å². The molecular formula is C24H30INO5. The lowest BCUT2D eigenvalue weighted by Gasteiger charge is -2.30. The number of benzene rings is 2. The molecule has 1 unspecified atom stereocenters. The molecule has 2 aromatic rings. The minimum Gasteiger partial charge on any atom is -0.468 e. The zero-order valence-electron chi connectivity index (χ0n) is 18.4. The molecule has 0 saturated carbocycles. The second-order valence-electron chi connectivity index (χ2n) is 8.11. The molecule has 1 N–H and O–H groups in total. The van der Waals surface area contributed by atoms with Gasteiger partial charge in [-0.05, 0) is 73.0 Å². The zero-order valence-corrected chi connectivity index (χ0v) is 20.6. The first-order valence-corrected chi connectivity index (χ1v) is 11.2. The number of amides is 1. The largest absolute Gasteiger partial charge is 0.468 e. The van der Waals surface area contributed by atoms with Gasteiger partial charge in [-0.3, -0.25) is 4.79 Å². The van der Waals surface area contributed by atoms with Gasteiger partial charge >= 0.3 is 12.1 Å². The van der Waals surface area contributed by atoms with Crippen molar-refractivity contribution < 1.29 is 23.8 Å². The van der Waals surface area contributed by atoms with Crippen LogP contribution in [0.2, 0.25) is 0 Å². The van der Waals surface area contributed by atoms with Crippen molar-refractivity contribution in [2.24, 2.45) is 0 Å². The zero-order chi connectivity index (χ0) is 22.9. The van der Waals surface area contributed by atoms with E-state index >= 15 is 0 Å². The molecule has 1 amide bonds. The number of carbonyl (C=O) groups excluding carboxylic acids is 2. The van der Waals surface area contributed by atoms with Crippen molar-refractivity contribution in [2.45, 2.75) is 44.8 Å². The summed E-state index contributed by atoms with van der Waals surface area (Å²) in [4.78, 5) is 24.5. The van der Waals surface area contributed by atoms with Gasteiger partial charge in [-0.25, -0.2) is 4.79 Å². The van der Waals surface area contributed by atoms with Gasteiger partial charge in [0.1, 0.15) is 6.61 Å². The average molecular weight is 539 g/mol. The Morgan fingerprint density at radius 1 is 1.03 bits per heavy atom. The monoisotopic (exact) mass is 539 g/mol. The number of carbonyl (C=O) groups is 2. The van der Waals surface area contributed by atoms with Crippen LogP contribution in [-0.4, -0.2) is 37.9 Å². The fraction of sp³-hybridized carbons (Fsp3) is 0.417. The number of rotatable bonds is 10. The maximum absolute atomic E-state index is 12.6. The SMILES string of the molecule is COC(=O)C(C)(CCOC(C)(C)CNC(=O)OCc1ccccc1)c1cccc(I)c1. The number of ether oxygens (including phenoxy) is 3. The smallest absolute Gasteiger partial charge is 0.407 e. The Hall–Kier alpha value is -2.13. The number of hydrogen-bond acceptors (Lipinski definition) is 5. The van der Waals surface area contributed by atoms with Crippen molar-refractivity contribution >= 4 is 34.7 Å². The molecule has 1 atom stereocenters. The van der Waals surface area contributed by atoms with Crippen LogP contribution >= 0.6 is 22.6 Å². The van der Waals surface area contributed by atoms with Crippen molar-refractivity contribution in [3.63, 3.8) is 0 Å². The number of halogens is 1. The Kier molecular flexibility index (Phi) is 9.31. The maximum atomic E-state index is 12.6. The highest BCUT2D eigenvalue weighted by molar-refractivity contribution is 14.1. The predicted molar refractivity (Wildman–Crippen MR) is 128 cm³/mol. The molecule has 0 heterocycles. The topological polar surface area (TPSA) is 73.9 Å². The molecule has 0 spiro atoms. The lowest BCUT2D eigenvalue weighted by Crippen LogP contribution is -2.42. The molecule has 0 aromatic heterocycles. The minimum atomic E-state index is -0.825. The van der Waals surface area contributed by atoms with Crippen molar-refractivity contribution in [1.29, 1.82) is 0 Å². The van der Waals surface area contributed by atoms with Gasteiger partial charge in [0, 0.05) is 16.7 Å². The van der Waals surface area contributed by atoms with Crippen LogP contribution in [-0.2, 0) is 31.0 Å². The van der Waals surface area contributed by atoms with Gasteiger partial charge in [0.05, 0.1) is 18.1 Å². The van der Waals surface area contributed by atoms with Crippen LogP contribution in [0.1, 0.15) is 38.3 Å². The first-order valence-electron chi connectivity index (χ1n) is 10.1. The summed E-state index contributed by atoms with van der Waals surface area (Å²) < 4.78 is 17.3. The van der Waals surface area contributed by atoms with Gasteiger partial charge in [0.2, 0.25) is 0 Å². The van der Waals surface area contributed by atoms with E-state index < -0.39 is 17.1 Å². The van der Waals surface area contributed by atoms with E-state index in [1.807, 2.05) is 75.4 Å². The summed E-state index contributed by atoms with van der Waals surface area (Å²) in [5.41, 5.74) is 0.350. The maximum Gasteiger partial charge on any atom is 0.407 e. The van der Waals surface area contributed by atoms with E-state index in [2.05, 4.69) is 27.9 Å². The standard InChI is InChI=1S/C24H30INO5/c1-23(2,17-26-22(28)30-16-18-9-6-5-7-10-18)31-14-13-24(3,21(27)29-4)19-11-8-12-20(25)15-19/h5-12,15H,13-14,16-17H2,1-4H3,(H,26,28). The summed E-state index contributed by atoms with van der Waals surface area (Å²) in [5.74, 6) is -0.307. The highest BCUT2D eigenvalue weighted by Gasteiger charge is 2.37. The van der Waals surface area contributed by atoms with E-state index in [1.165, 1.54) is 7.11 Å². The first-order chi connectivity index (χ1) is 14.7. The molecule has 2 rings (SSSR count). The number of nitrogens with one attached hydrogen (secondary N) is 1. The molecule has 6 nitrogen and oxygen atoms in total. The van der Waals surface area contributed by atoms with Crippen molar-refractivity contribution in [1.82, 2.24) is 5.32 Å². The Bertz CT molecular complexity index is 871. The molecular weight excluding hydrogens is 509 g/mol. The van der Waals surface area contributed by atoms with Crippen LogP contribution < -0.4 is 5.32 Å². The number of hydrogen-bond donors (Lipinski definition) is 1. The van der Waals surface area contributed by atoms with Crippen LogP contribution in [0.15, 0.2) is 54.6 Å². The van der Waals surface area contributed by atoms with E-state index in [0.717, 1.165) is 14.7 Å². The summed E-state index contributed by atoms with van der Waals surface area (Å²) in [7, 11) is 1.39. The lowest BCUT2D eigenvalue weighted by atomic mass is 9.79. The molecule has 0 aliphatic carbocycles. The van der Waals surface area contributed by atoms with Gasteiger partial charge < -0.3 is 19.5 Å². The Labute approximate surface area is 197 Å². The second-order valence-corrected chi connectivity index (χ2v) is 9.35. The molecule has 2 aromatic carbocycles. The highest BCUT2D eigenvalue weighted by atomic mass is 127. The minimum absolute atomic E-state index is 0.210. The Morgan fingerprint density at radius 2 is 1.74 bits per heavy atom. The number of esters is 1. The average Bonchev–Trinajstić information content (AvgIpc) is 2.76. The van der Waals surface area contributed by atoms with Crippen LogP contribution in [0.5, 0.6) is 0 Å². The fourth-order valence-corrected chi connectivity index (χ4v) is 3.61. The summed E-state index contributed by atoms with van der Waals surface area (Å²) in [6, 6.07) is 17.3. The van der Waals surface area contributed by atoms with Crippen LogP contribution in [0.3, 0.4) is 0 Å². The summed E-state index contributed by atoms with van der Waals surface area (Å²) in [6.07, 6.45) is -0.0550. The highest BCUT2D eigenvalue weighted by Crippen LogP contribution is 2.31. The molecule has 0 aliphatic heterocycles. The van der Waals surface area contributed by atoms with E-state index in [4.69, 9.17) is 14.2 Å². The lowest BCUT2D eigenvalue weighted by molar-refractivity contribution is -0.148. The third kappa shape index (κ3) is 7.81. The van der Waals surface area contributed by atoms with Gasteiger partial charge in [0.15, 0.2) is 0 Å². The van der Waals surface area contributed by atoms with E-state index in [9.17, 15) is 9.59 Å². The Morgan fingerprint density at radius 3 is 2.39 bits per heavy atom. The van der Waals surface area contributed by atoms with Crippen molar-refractivity contribution in [2.75, 3.05) is 20.3 Å². The van der Waals surface area contributed by atoms with Gasteiger partial charge in [-0.2, -0.15) is 0 Å². The van der Waals surface area contributed by atoms with Gasteiger partial charge in [0.25, 0.3) is 0 Å². The first kappa shape index (κ1) is 25.1. The fourth-order valence-electron chi connectivity index (χ4n) is 3.06. The van der Waals surface area contributed by atoms with Gasteiger partial charge in [-0.15, -0.1) is 0 Å². The molecule has 7 heteroatoms. The molecule has 31 heavy (non-hydrogen) atoms. The molecule has 0 bridgehead atoms. The normalized spacial score (nSPS) is 13.2. The summed E-state index contributed by atoms with van der Waals surface area (Å²) in [6.45, 7) is 6.43. The van der Waals surface area contributed by atoms with Crippen molar-refractivity contribution in [3.05, 3.63) is 69.3 Å². The quantitative estimate of drug-likeness (QED) is 0.346. The van der Waals surface area contributed by atoms with Crippen LogP contribution in [0.25, 0.3) is 0 Å². The van der Waals surface area contributed by atoms with Crippen molar-refractivity contribution in [3.8, 4) is 0 Å². The number of methoxy groups -OCH3 is 1. The van der Waals surface area contributed by atoms with E-state index in [1.54, 1.807) is 0 Å². The van der Waals surface area contributed by atoms with Crippen LogP contribution in [0, 0.1) is 3.57 Å². The Balaban J connectivity index is 1.86. The molecule has 168 valence electrons. The summed E-state index contributed by atoms with van der Waals surface area (Å²) in [5, 5.41) is 2.74. The molecule has 0 saturated heterocycles.